The van der Waals surface area contributed by atoms with Crippen LogP contribution in [0.4, 0.5) is 0 Å². The second kappa shape index (κ2) is 3.57. The minimum atomic E-state index is 1.24. The lowest BCUT2D eigenvalue weighted by molar-refractivity contribution is -0.652. The molecule has 0 atom stereocenters. The van der Waals surface area contributed by atoms with Gasteiger partial charge in [0.15, 0.2) is 5.72 Å². The molecule has 0 aliphatic rings. The summed E-state index contributed by atoms with van der Waals surface area (Å²) in [6, 6.07) is 6.55. The first kappa shape index (κ1) is 10.0. The van der Waals surface area contributed by atoms with Crippen LogP contribution in [0.3, 0.4) is 0 Å². The molecule has 0 N–H and O–H groups in total. The van der Waals surface area contributed by atoms with Crippen LogP contribution >= 0.6 is 0 Å². The quantitative estimate of drug-likeness (QED) is 0.457. The third-order valence-corrected chi connectivity index (χ3v) is 2.92. The Hall–Kier alpha value is -1.51. The molecular weight excluding hydrogens is 183 g/mol. The first-order chi connectivity index (χ1) is 7.09. The van der Waals surface area contributed by atoms with E-state index < -0.39 is 0 Å². The summed E-state index contributed by atoms with van der Waals surface area (Å²) in [5.74, 6) is 0. The molecule has 0 aliphatic carbocycles. The van der Waals surface area contributed by atoms with E-state index in [-0.39, 0.29) is 0 Å². The highest BCUT2D eigenvalue weighted by Gasteiger charge is 2.12. The predicted molar refractivity (Wildman–Crippen MR) is 64.6 cm³/mol. The van der Waals surface area contributed by atoms with Crippen molar-refractivity contribution >= 4 is 13.6 Å². The van der Waals surface area contributed by atoms with Crippen molar-refractivity contribution in [2.75, 3.05) is 0 Å². The first-order valence-electron chi connectivity index (χ1n) is 5.21. The number of hydrogen-bond donors (Lipinski definition) is 0. The number of aromatic nitrogens is 2. The van der Waals surface area contributed by atoms with Gasteiger partial charge in [-0.25, -0.2) is 9.13 Å². The lowest BCUT2D eigenvalue weighted by Crippen LogP contribution is -2.46. The molecule has 1 heterocycles. The Kier molecular flexibility index (Phi) is 2.39. The molecule has 2 aromatic rings. The highest BCUT2D eigenvalue weighted by molar-refractivity contribution is 6.28. The van der Waals surface area contributed by atoms with E-state index in [0.29, 0.717) is 0 Å². The highest BCUT2D eigenvalue weighted by atomic mass is 15.1. The van der Waals surface area contributed by atoms with Crippen LogP contribution in [-0.4, -0.2) is 12.4 Å². The zero-order chi connectivity index (χ0) is 11.0. The normalized spacial score (nSPS) is 10.6. The van der Waals surface area contributed by atoms with Crippen molar-refractivity contribution in [3.05, 3.63) is 41.7 Å². The number of rotatable bonds is 1. The number of hydrogen-bond acceptors (Lipinski definition) is 0. The maximum Gasteiger partial charge on any atom is 0.248 e. The largest absolute Gasteiger partial charge is 0.248 e. The molecular formula is C12H16BN2+. The summed E-state index contributed by atoms with van der Waals surface area (Å²) in [4.78, 5) is 0. The topological polar surface area (TPSA) is 8.81 Å². The molecule has 0 unspecified atom stereocenters. The van der Waals surface area contributed by atoms with Gasteiger partial charge in [0.25, 0.3) is 0 Å². The molecule has 0 spiro atoms. The Bertz CT molecular complexity index is 500. The molecule has 76 valence electrons. The number of imidazole rings is 1. The highest BCUT2D eigenvalue weighted by Crippen LogP contribution is 2.13. The van der Waals surface area contributed by atoms with Crippen LogP contribution in [0.2, 0.25) is 0 Å². The Morgan fingerprint density at radius 1 is 1.27 bits per heavy atom. The van der Waals surface area contributed by atoms with Crippen molar-refractivity contribution in [1.29, 1.82) is 0 Å². The standard InChI is InChI=1S/C12H16BN2/c1-9-4-5-10(2)11(8-9)15-7-6-14(3)12(15)13/h4-8H,13H2,1-3H3/q+1. The van der Waals surface area contributed by atoms with Gasteiger partial charge in [0, 0.05) is 0 Å². The molecule has 0 fully saturated rings. The predicted octanol–water partition coefficient (Wildman–Crippen LogP) is 0.177. The average Bonchev–Trinajstić information content (AvgIpc) is 2.52. The molecule has 0 radical (unpaired) electrons. The Labute approximate surface area is 91.6 Å². The van der Waals surface area contributed by atoms with Crippen molar-refractivity contribution in [2.24, 2.45) is 7.05 Å². The Balaban J connectivity index is 2.63. The fraction of sp³-hybridized carbons (Fsp3) is 0.250. The van der Waals surface area contributed by atoms with Crippen LogP contribution in [0.5, 0.6) is 0 Å². The maximum absolute atomic E-state index is 2.22. The lowest BCUT2D eigenvalue weighted by Gasteiger charge is -2.04. The lowest BCUT2D eigenvalue weighted by atomic mass is 10.1. The van der Waals surface area contributed by atoms with E-state index >= 15 is 0 Å². The molecule has 2 nitrogen and oxygen atoms in total. The van der Waals surface area contributed by atoms with Gasteiger partial charge >= 0.3 is 0 Å². The van der Waals surface area contributed by atoms with Crippen molar-refractivity contribution in [1.82, 2.24) is 4.57 Å². The number of benzene rings is 1. The van der Waals surface area contributed by atoms with E-state index in [1.807, 2.05) is 0 Å². The summed E-state index contributed by atoms with van der Waals surface area (Å²) in [5, 5.41) is 0. The van der Waals surface area contributed by atoms with Gasteiger partial charge in [0.1, 0.15) is 18.1 Å². The van der Waals surface area contributed by atoms with Gasteiger partial charge in [-0.05, 0) is 31.0 Å². The molecule has 1 aromatic heterocycles. The minimum Gasteiger partial charge on any atom is -0.247 e. The van der Waals surface area contributed by atoms with Gasteiger partial charge in [0.05, 0.1) is 7.05 Å². The van der Waals surface area contributed by atoms with E-state index in [0.717, 1.165) is 0 Å². The number of nitrogens with zero attached hydrogens (tertiary/aromatic N) is 2. The van der Waals surface area contributed by atoms with Gasteiger partial charge < -0.3 is 0 Å². The average molecular weight is 199 g/mol. The SMILES string of the molecule is Bc1n(-c2cc(C)ccc2C)cc[n+]1C. The zero-order valence-electron chi connectivity index (χ0n) is 9.78. The van der Waals surface area contributed by atoms with E-state index in [1.54, 1.807) is 0 Å². The second-order valence-electron chi connectivity index (χ2n) is 4.12. The zero-order valence-corrected chi connectivity index (χ0v) is 9.78. The first-order valence-corrected chi connectivity index (χ1v) is 5.21. The number of aryl methyl sites for hydroxylation is 3. The van der Waals surface area contributed by atoms with Gasteiger partial charge in [0.2, 0.25) is 7.85 Å². The summed E-state index contributed by atoms with van der Waals surface area (Å²) in [6.45, 7) is 4.27. The summed E-state index contributed by atoms with van der Waals surface area (Å²) >= 11 is 0. The third-order valence-electron chi connectivity index (χ3n) is 2.92. The maximum atomic E-state index is 2.22. The van der Waals surface area contributed by atoms with Crippen LogP contribution in [0, 0.1) is 13.8 Å². The smallest absolute Gasteiger partial charge is 0.247 e. The molecule has 0 bridgehead atoms. The Morgan fingerprint density at radius 3 is 2.60 bits per heavy atom. The van der Waals surface area contributed by atoms with Gasteiger partial charge in [-0.3, -0.25) is 0 Å². The van der Waals surface area contributed by atoms with Gasteiger partial charge in [-0.2, -0.15) is 0 Å². The molecule has 3 heteroatoms. The molecule has 0 aliphatic heterocycles. The second-order valence-corrected chi connectivity index (χ2v) is 4.12. The van der Waals surface area contributed by atoms with E-state index in [1.165, 1.54) is 22.5 Å². The molecule has 0 saturated heterocycles. The van der Waals surface area contributed by atoms with Crippen molar-refractivity contribution < 1.29 is 4.57 Å². The van der Waals surface area contributed by atoms with E-state index in [9.17, 15) is 0 Å². The molecule has 0 saturated carbocycles. The molecule has 0 amide bonds. The summed E-state index contributed by atoms with van der Waals surface area (Å²) in [5.41, 5.74) is 5.11. The van der Waals surface area contributed by atoms with Crippen LogP contribution in [0.1, 0.15) is 11.1 Å². The molecule has 15 heavy (non-hydrogen) atoms. The van der Waals surface area contributed by atoms with E-state index in [4.69, 9.17) is 0 Å². The van der Waals surface area contributed by atoms with Gasteiger partial charge in [-0.15, -0.1) is 0 Å². The molecule has 1 aromatic carbocycles. The summed E-state index contributed by atoms with van der Waals surface area (Å²) in [7, 11) is 4.19. The Morgan fingerprint density at radius 2 is 2.00 bits per heavy atom. The van der Waals surface area contributed by atoms with Crippen LogP contribution < -0.4 is 10.3 Å². The van der Waals surface area contributed by atoms with Gasteiger partial charge in [-0.1, -0.05) is 12.1 Å². The van der Waals surface area contributed by atoms with Crippen molar-refractivity contribution in [3.8, 4) is 5.69 Å². The van der Waals surface area contributed by atoms with E-state index in [2.05, 4.69) is 68.5 Å². The summed E-state index contributed by atoms with van der Waals surface area (Å²) in [6.07, 6.45) is 4.19. The fourth-order valence-electron chi connectivity index (χ4n) is 1.79. The van der Waals surface area contributed by atoms with Crippen LogP contribution in [0.25, 0.3) is 5.69 Å². The molecule has 2 rings (SSSR count). The summed E-state index contributed by atoms with van der Waals surface area (Å²) < 4.78 is 4.35. The third kappa shape index (κ3) is 1.69. The monoisotopic (exact) mass is 199 g/mol. The fourth-order valence-corrected chi connectivity index (χ4v) is 1.79. The minimum absolute atomic E-state index is 1.24. The van der Waals surface area contributed by atoms with Crippen LogP contribution in [-0.2, 0) is 7.05 Å². The van der Waals surface area contributed by atoms with Crippen molar-refractivity contribution in [3.63, 3.8) is 0 Å². The van der Waals surface area contributed by atoms with Crippen LogP contribution in [0.15, 0.2) is 30.6 Å². The van der Waals surface area contributed by atoms with Crippen molar-refractivity contribution in [2.45, 2.75) is 13.8 Å².